The van der Waals surface area contributed by atoms with Crippen LogP contribution in [0, 0.1) is 0 Å². The lowest BCUT2D eigenvalue weighted by Crippen LogP contribution is -2.51. The predicted octanol–water partition coefficient (Wildman–Crippen LogP) is -0.0472. The van der Waals surface area contributed by atoms with Crippen molar-refractivity contribution in [2.24, 2.45) is 0 Å². The number of carboxylic acid groups (broad SMARTS) is 2. The smallest absolute Gasteiger partial charge is 0.326 e. The summed E-state index contributed by atoms with van der Waals surface area (Å²) in [5.41, 5.74) is 0. The third kappa shape index (κ3) is 5.69. The Morgan fingerprint density at radius 2 is 2.00 bits per heavy atom. The molecule has 1 saturated heterocycles. The highest BCUT2D eigenvalue weighted by atomic mass is 16.4. The summed E-state index contributed by atoms with van der Waals surface area (Å²) >= 11 is 0. The fourth-order valence-corrected chi connectivity index (χ4v) is 2.06. The molecule has 1 fully saturated rings. The predicted molar refractivity (Wildman–Crippen MR) is 66.7 cm³/mol. The number of rotatable bonds is 7. The van der Waals surface area contributed by atoms with Crippen LogP contribution < -0.4 is 10.6 Å². The van der Waals surface area contributed by atoms with Crippen LogP contribution in [0.3, 0.4) is 0 Å². The van der Waals surface area contributed by atoms with Gasteiger partial charge in [-0.1, -0.05) is 6.42 Å². The van der Waals surface area contributed by atoms with Gasteiger partial charge in [0.1, 0.15) is 6.04 Å². The topological polar surface area (TPSA) is 116 Å². The highest BCUT2D eigenvalue weighted by Gasteiger charge is 2.25. The monoisotopic (exact) mass is 272 g/mol. The molecule has 19 heavy (non-hydrogen) atoms. The molecular formula is C12H20N2O5. The quantitative estimate of drug-likeness (QED) is 0.516. The van der Waals surface area contributed by atoms with E-state index in [1.165, 1.54) is 0 Å². The van der Waals surface area contributed by atoms with Gasteiger partial charge in [0.2, 0.25) is 5.91 Å². The van der Waals surface area contributed by atoms with Crippen molar-refractivity contribution in [1.82, 2.24) is 10.6 Å². The van der Waals surface area contributed by atoms with Crippen LogP contribution in [-0.2, 0) is 14.4 Å². The normalized spacial score (nSPS) is 20.5. The van der Waals surface area contributed by atoms with E-state index in [1.54, 1.807) is 0 Å². The number of aliphatic carboxylic acids is 2. The minimum absolute atomic E-state index is 0.0959. The molecule has 0 aromatic carbocycles. The molecule has 7 heteroatoms. The standard InChI is InChI=1S/C12H20N2O5/c15-10(16)6-3-5-9(12(18)19)14-11(17)8-4-1-2-7-13-8/h8-9,13H,1-7H2,(H,14,17)(H,15,16)(H,18,19)/t8?,9-/m1/s1. The summed E-state index contributed by atoms with van der Waals surface area (Å²) in [6, 6.07) is -1.36. The van der Waals surface area contributed by atoms with Gasteiger partial charge in [-0.05, 0) is 32.2 Å². The molecular weight excluding hydrogens is 252 g/mol. The molecule has 0 aliphatic carbocycles. The summed E-state index contributed by atoms with van der Waals surface area (Å²) in [5.74, 6) is -2.42. The molecule has 0 aromatic rings. The number of carbonyl (C=O) groups excluding carboxylic acids is 1. The highest BCUT2D eigenvalue weighted by Crippen LogP contribution is 2.08. The van der Waals surface area contributed by atoms with Gasteiger partial charge < -0.3 is 20.8 Å². The number of piperidine rings is 1. The Morgan fingerprint density at radius 1 is 1.26 bits per heavy atom. The van der Waals surface area contributed by atoms with E-state index in [2.05, 4.69) is 10.6 Å². The van der Waals surface area contributed by atoms with Crippen molar-refractivity contribution in [1.29, 1.82) is 0 Å². The van der Waals surface area contributed by atoms with Crippen LogP contribution in [0.15, 0.2) is 0 Å². The van der Waals surface area contributed by atoms with Gasteiger partial charge in [-0.15, -0.1) is 0 Å². The first kappa shape index (κ1) is 15.4. The molecule has 0 aromatic heterocycles. The van der Waals surface area contributed by atoms with Gasteiger partial charge in [-0.2, -0.15) is 0 Å². The Hall–Kier alpha value is -1.63. The number of amides is 1. The molecule has 0 saturated carbocycles. The third-order valence-electron chi connectivity index (χ3n) is 3.12. The van der Waals surface area contributed by atoms with Crippen molar-refractivity contribution >= 4 is 17.8 Å². The zero-order valence-electron chi connectivity index (χ0n) is 10.7. The first-order chi connectivity index (χ1) is 9.00. The van der Waals surface area contributed by atoms with Gasteiger partial charge in [0, 0.05) is 6.42 Å². The maximum atomic E-state index is 11.9. The second-order valence-corrected chi connectivity index (χ2v) is 4.69. The second kappa shape index (κ2) is 7.73. The molecule has 1 heterocycles. The Kier molecular flexibility index (Phi) is 6.27. The molecule has 1 aliphatic heterocycles. The molecule has 108 valence electrons. The number of nitrogens with one attached hydrogen (secondary N) is 2. The lowest BCUT2D eigenvalue weighted by molar-refractivity contribution is -0.143. The van der Waals surface area contributed by atoms with E-state index in [4.69, 9.17) is 10.2 Å². The fourth-order valence-electron chi connectivity index (χ4n) is 2.06. The summed E-state index contributed by atoms with van der Waals surface area (Å²) in [4.78, 5) is 33.2. The zero-order chi connectivity index (χ0) is 14.3. The number of hydrogen-bond acceptors (Lipinski definition) is 4. The van der Waals surface area contributed by atoms with E-state index in [-0.39, 0.29) is 31.2 Å². The maximum absolute atomic E-state index is 11.9. The molecule has 1 aliphatic rings. The van der Waals surface area contributed by atoms with Crippen LogP contribution in [0.5, 0.6) is 0 Å². The molecule has 1 unspecified atom stereocenters. The van der Waals surface area contributed by atoms with Crippen molar-refractivity contribution in [3.8, 4) is 0 Å². The molecule has 0 bridgehead atoms. The Morgan fingerprint density at radius 3 is 2.53 bits per heavy atom. The molecule has 1 rings (SSSR count). The van der Waals surface area contributed by atoms with Gasteiger partial charge in [0.15, 0.2) is 0 Å². The largest absolute Gasteiger partial charge is 0.481 e. The summed E-state index contributed by atoms with van der Waals surface area (Å²) in [6.07, 6.45) is 2.92. The average molecular weight is 272 g/mol. The van der Waals surface area contributed by atoms with E-state index in [0.717, 1.165) is 19.4 Å². The summed E-state index contributed by atoms with van der Waals surface area (Å²) in [7, 11) is 0. The van der Waals surface area contributed by atoms with Gasteiger partial charge in [0.05, 0.1) is 6.04 Å². The minimum atomic E-state index is -1.13. The van der Waals surface area contributed by atoms with Crippen molar-refractivity contribution in [2.45, 2.75) is 50.6 Å². The zero-order valence-corrected chi connectivity index (χ0v) is 10.7. The van der Waals surface area contributed by atoms with Crippen molar-refractivity contribution in [3.63, 3.8) is 0 Å². The molecule has 1 amide bonds. The van der Waals surface area contributed by atoms with Crippen LogP contribution in [0.2, 0.25) is 0 Å². The lowest BCUT2D eigenvalue weighted by atomic mass is 10.0. The Balaban J connectivity index is 2.41. The van der Waals surface area contributed by atoms with Gasteiger partial charge in [0.25, 0.3) is 0 Å². The third-order valence-corrected chi connectivity index (χ3v) is 3.12. The van der Waals surface area contributed by atoms with E-state index >= 15 is 0 Å². The van der Waals surface area contributed by atoms with E-state index in [1.807, 2.05) is 0 Å². The van der Waals surface area contributed by atoms with Gasteiger partial charge in [-0.3, -0.25) is 9.59 Å². The SMILES string of the molecule is O=C(O)CCC[C@@H](NC(=O)C1CCCCN1)C(=O)O. The van der Waals surface area contributed by atoms with Crippen LogP contribution in [0.25, 0.3) is 0 Å². The minimum Gasteiger partial charge on any atom is -0.481 e. The van der Waals surface area contributed by atoms with Crippen LogP contribution in [-0.4, -0.2) is 46.7 Å². The highest BCUT2D eigenvalue weighted by molar-refractivity contribution is 5.87. The fraction of sp³-hybridized carbons (Fsp3) is 0.750. The number of hydrogen-bond donors (Lipinski definition) is 4. The van der Waals surface area contributed by atoms with Crippen LogP contribution >= 0.6 is 0 Å². The van der Waals surface area contributed by atoms with Crippen molar-refractivity contribution in [2.75, 3.05) is 6.54 Å². The molecule has 2 atom stereocenters. The molecule has 4 N–H and O–H groups in total. The second-order valence-electron chi connectivity index (χ2n) is 4.69. The molecule has 7 nitrogen and oxygen atoms in total. The van der Waals surface area contributed by atoms with Crippen LogP contribution in [0.4, 0.5) is 0 Å². The maximum Gasteiger partial charge on any atom is 0.326 e. The summed E-state index contributed by atoms with van der Waals surface area (Å²) < 4.78 is 0. The van der Waals surface area contributed by atoms with Crippen LogP contribution in [0.1, 0.15) is 38.5 Å². The Labute approximate surface area is 111 Å². The molecule has 0 spiro atoms. The van der Waals surface area contributed by atoms with E-state index < -0.39 is 18.0 Å². The van der Waals surface area contributed by atoms with Crippen molar-refractivity contribution in [3.05, 3.63) is 0 Å². The molecule has 0 radical (unpaired) electrons. The summed E-state index contributed by atoms with van der Waals surface area (Å²) in [6.45, 7) is 0.759. The Bertz CT molecular complexity index is 339. The van der Waals surface area contributed by atoms with Gasteiger partial charge >= 0.3 is 11.9 Å². The first-order valence-corrected chi connectivity index (χ1v) is 6.49. The lowest BCUT2D eigenvalue weighted by Gasteiger charge is -2.24. The average Bonchev–Trinajstić information content (AvgIpc) is 2.37. The van der Waals surface area contributed by atoms with Gasteiger partial charge in [-0.25, -0.2) is 4.79 Å². The first-order valence-electron chi connectivity index (χ1n) is 6.49. The number of carboxylic acids is 2. The van der Waals surface area contributed by atoms with Crippen molar-refractivity contribution < 1.29 is 24.6 Å². The van der Waals surface area contributed by atoms with E-state index in [0.29, 0.717) is 6.42 Å². The summed E-state index contributed by atoms with van der Waals surface area (Å²) in [5, 5.41) is 23.0. The number of carbonyl (C=O) groups is 3. The van der Waals surface area contributed by atoms with E-state index in [9.17, 15) is 14.4 Å².